The number of aryl methyl sites for hydroxylation is 3. The minimum atomic E-state index is 0.799. The molecule has 0 aliphatic carbocycles. The molecule has 2 heterocycles. The van der Waals surface area contributed by atoms with E-state index in [0.717, 1.165) is 22.3 Å². The highest BCUT2D eigenvalue weighted by Gasteiger charge is 2.07. The van der Waals surface area contributed by atoms with Crippen LogP contribution in [0.25, 0.3) is 5.13 Å². The van der Waals surface area contributed by atoms with Crippen LogP contribution < -0.4 is 0 Å². The Labute approximate surface area is 80.4 Å². The molecule has 2 rings (SSSR count). The van der Waals surface area contributed by atoms with Gasteiger partial charge >= 0.3 is 0 Å². The van der Waals surface area contributed by atoms with Crippen molar-refractivity contribution in [3.8, 4) is 5.13 Å². The van der Waals surface area contributed by atoms with E-state index in [9.17, 15) is 0 Å². The van der Waals surface area contributed by atoms with Gasteiger partial charge in [-0.05, 0) is 26.8 Å². The van der Waals surface area contributed by atoms with Gasteiger partial charge in [-0.3, -0.25) is 0 Å². The Kier molecular flexibility index (Phi) is 1.88. The third-order valence-electron chi connectivity index (χ3n) is 1.71. The van der Waals surface area contributed by atoms with Crippen LogP contribution in [0.3, 0.4) is 0 Å². The SMILES string of the molecule is Cc1cc(C)n(-c2nc(C)ns2)n1. The average molecular weight is 194 g/mol. The molecule has 0 atom stereocenters. The van der Waals surface area contributed by atoms with Crippen molar-refractivity contribution in [3.63, 3.8) is 0 Å². The number of rotatable bonds is 1. The van der Waals surface area contributed by atoms with Crippen LogP contribution in [0.2, 0.25) is 0 Å². The summed E-state index contributed by atoms with van der Waals surface area (Å²) >= 11 is 1.37. The van der Waals surface area contributed by atoms with Crippen LogP contribution in [0.15, 0.2) is 6.07 Å². The van der Waals surface area contributed by atoms with Crippen LogP contribution in [0, 0.1) is 20.8 Å². The van der Waals surface area contributed by atoms with Crippen LogP contribution in [0.1, 0.15) is 17.2 Å². The summed E-state index contributed by atoms with van der Waals surface area (Å²) in [7, 11) is 0. The van der Waals surface area contributed by atoms with Crippen molar-refractivity contribution in [2.45, 2.75) is 20.8 Å². The maximum atomic E-state index is 4.32. The molecule has 2 aromatic heterocycles. The minimum absolute atomic E-state index is 0.799. The molecule has 0 fully saturated rings. The first-order valence-corrected chi connectivity index (χ1v) is 4.78. The molecule has 0 amide bonds. The molecule has 0 aliphatic heterocycles. The Balaban J connectivity index is 2.51. The zero-order chi connectivity index (χ0) is 9.42. The Morgan fingerprint density at radius 2 is 2.08 bits per heavy atom. The van der Waals surface area contributed by atoms with Crippen molar-refractivity contribution in [3.05, 3.63) is 23.3 Å². The fraction of sp³-hybridized carbons (Fsp3) is 0.375. The van der Waals surface area contributed by atoms with Gasteiger partial charge in [-0.1, -0.05) is 0 Å². The second-order valence-corrected chi connectivity index (χ2v) is 3.69. The van der Waals surface area contributed by atoms with Crippen molar-refractivity contribution >= 4 is 11.5 Å². The fourth-order valence-corrected chi connectivity index (χ4v) is 1.88. The largest absolute Gasteiger partial charge is 0.230 e. The van der Waals surface area contributed by atoms with Crippen molar-refractivity contribution in [2.75, 3.05) is 0 Å². The molecule has 5 heteroatoms. The molecule has 2 aromatic rings. The highest BCUT2D eigenvalue weighted by atomic mass is 32.1. The summed E-state index contributed by atoms with van der Waals surface area (Å²) in [5.41, 5.74) is 2.10. The first-order valence-electron chi connectivity index (χ1n) is 4.01. The summed E-state index contributed by atoms with van der Waals surface area (Å²) in [6, 6.07) is 2.02. The normalized spacial score (nSPS) is 10.7. The van der Waals surface area contributed by atoms with E-state index >= 15 is 0 Å². The number of nitrogens with zero attached hydrogens (tertiary/aromatic N) is 4. The summed E-state index contributed by atoms with van der Waals surface area (Å²) in [6.45, 7) is 5.86. The fourth-order valence-electron chi connectivity index (χ4n) is 1.19. The van der Waals surface area contributed by atoms with E-state index in [0.29, 0.717) is 0 Å². The second-order valence-electron chi connectivity index (χ2n) is 2.96. The standard InChI is InChI=1S/C8H10N4S/c1-5-4-6(2)12(10-5)8-9-7(3)11-13-8/h4H,1-3H3. The smallest absolute Gasteiger partial charge is 0.209 e. The van der Waals surface area contributed by atoms with Gasteiger partial charge in [0.25, 0.3) is 0 Å². The Bertz CT molecular complexity index is 429. The molecule has 0 bridgehead atoms. The summed E-state index contributed by atoms with van der Waals surface area (Å²) in [4.78, 5) is 4.26. The summed E-state index contributed by atoms with van der Waals surface area (Å²) in [5, 5.41) is 5.15. The number of hydrogen-bond acceptors (Lipinski definition) is 4. The van der Waals surface area contributed by atoms with Crippen LogP contribution >= 0.6 is 11.5 Å². The highest BCUT2D eigenvalue weighted by Crippen LogP contribution is 2.13. The van der Waals surface area contributed by atoms with E-state index in [4.69, 9.17) is 0 Å². The lowest BCUT2D eigenvalue weighted by molar-refractivity contribution is 0.821. The van der Waals surface area contributed by atoms with Crippen molar-refractivity contribution in [1.29, 1.82) is 0 Å². The first-order chi connectivity index (χ1) is 6.16. The molecule has 0 aliphatic rings. The van der Waals surface area contributed by atoms with Gasteiger partial charge in [0.1, 0.15) is 5.82 Å². The number of aromatic nitrogens is 4. The van der Waals surface area contributed by atoms with Gasteiger partial charge in [0, 0.05) is 17.2 Å². The lowest BCUT2D eigenvalue weighted by Crippen LogP contribution is -1.97. The predicted molar refractivity (Wildman–Crippen MR) is 51.2 cm³/mol. The predicted octanol–water partition coefficient (Wildman–Crippen LogP) is 1.65. The summed E-state index contributed by atoms with van der Waals surface area (Å²) < 4.78 is 5.93. The molecule has 13 heavy (non-hydrogen) atoms. The van der Waals surface area contributed by atoms with Crippen molar-refractivity contribution in [2.24, 2.45) is 0 Å². The molecule has 0 spiro atoms. The van der Waals surface area contributed by atoms with E-state index in [2.05, 4.69) is 14.5 Å². The lowest BCUT2D eigenvalue weighted by atomic mass is 10.4. The molecule has 0 saturated heterocycles. The van der Waals surface area contributed by atoms with Gasteiger partial charge in [-0.2, -0.15) is 9.47 Å². The summed E-state index contributed by atoms with van der Waals surface area (Å²) in [6.07, 6.45) is 0. The van der Waals surface area contributed by atoms with Crippen LogP contribution in [-0.4, -0.2) is 19.1 Å². The topological polar surface area (TPSA) is 43.6 Å². The first kappa shape index (κ1) is 8.37. The second kappa shape index (κ2) is 2.92. The van der Waals surface area contributed by atoms with E-state index in [1.165, 1.54) is 11.5 Å². The zero-order valence-electron chi connectivity index (χ0n) is 7.77. The molecule has 0 aromatic carbocycles. The van der Waals surface area contributed by atoms with Gasteiger partial charge in [0.05, 0.1) is 5.69 Å². The van der Waals surface area contributed by atoms with Crippen molar-refractivity contribution in [1.82, 2.24) is 19.1 Å². The zero-order valence-corrected chi connectivity index (χ0v) is 8.59. The quantitative estimate of drug-likeness (QED) is 0.693. The van der Waals surface area contributed by atoms with Gasteiger partial charge in [0.15, 0.2) is 0 Å². The number of hydrogen-bond donors (Lipinski definition) is 0. The Morgan fingerprint density at radius 1 is 1.31 bits per heavy atom. The van der Waals surface area contributed by atoms with Gasteiger partial charge < -0.3 is 0 Å². The van der Waals surface area contributed by atoms with Crippen LogP contribution in [-0.2, 0) is 0 Å². The average Bonchev–Trinajstić information content (AvgIpc) is 2.58. The Morgan fingerprint density at radius 3 is 2.54 bits per heavy atom. The molecule has 0 radical (unpaired) electrons. The third-order valence-corrected chi connectivity index (χ3v) is 2.49. The van der Waals surface area contributed by atoms with E-state index in [1.807, 2.05) is 31.5 Å². The summed E-state index contributed by atoms with van der Waals surface area (Å²) in [5.74, 6) is 0.799. The van der Waals surface area contributed by atoms with Crippen LogP contribution in [0.4, 0.5) is 0 Å². The third kappa shape index (κ3) is 1.47. The maximum Gasteiger partial charge on any atom is 0.230 e. The van der Waals surface area contributed by atoms with E-state index < -0.39 is 0 Å². The van der Waals surface area contributed by atoms with Gasteiger partial charge in [-0.25, -0.2) is 9.67 Å². The molecule has 0 saturated carbocycles. The van der Waals surface area contributed by atoms with Gasteiger partial charge in [-0.15, -0.1) is 0 Å². The van der Waals surface area contributed by atoms with Crippen molar-refractivity contribution < 1.29 is 0 Å². The van der Waals surface area contributed by atoms with E-state index in [1.54, 1.807) is 0 Å². The molecule has 0 N–H and O–H groups in total. The van der Waals surface area contributed by atoms with Crippen LogP contribution in [0.5, 0.6) is 0 Å². The Hall–Kier alpha value is -1.23. The molecule has 4 nitrogen and oxygen atoms in total. The highest BCUT2D eigenvalue weighted by molar-refractivity contribution is 7.08. The molecule has 68 valence electrons. The monoisotopic (exact) mass is 194 g/mol. The molecular formula is C8H10N4S. The minimum Gasteiger partial charge on any atom is -0.209 e. The van der Waals surface area contributed by atoms with E-state index in [-0.39, 0.29) is 0 Å². The lowest BCUT2D eigenvalue weighted by Gasteiger charge is -1.95. The molecular weight excluding hydrogens is 184 g/mol. The maximum absolute atomic E-state index is 4.32. The van der Waals surface area contributed by atoms with Gasteiger partial charge in [0.2, 0.25) is 5.13 Å². The molecule has 0 unspecified atom stereocenters.